The molecule has 1 N–H and O–H groups in total. The topological polar surface area (TPSA) is 93.9 Å². The van der Waals surface area contributed by atoms with E-state index in [0.717, 1.165) is 27.9 Å². The summed E-state index contributed by atoms with van der Waals surface area (Å²) >= 11 is 0. The maximum Gasteiger partial charge on any atom is 0.244 e. The molecule has 2 heterocycles. The Bertz CT molecular complexity index is 1430. The van der Waals surface area contributed by atoms with Crippen molar-refractivity contribution in [3.8, 4) is 11.3 Å². The monoisotopic (exact) mass is 486 g/mol. The third-order valence-electron chi connectivity index (χ3n) is 5.49. The van der Waals surface area contributed by atoms with E-state index in [1.54, 1.807) is 42.7 Å². The first-order valence-corrected chi connectivity index (χ1v) is 13.0. The van der Waals surface area contributed by atoms with Gasteiger partial charge in [-0.3, -0.25) is 14.5 Å². The largest absolute Gasteiger partial charge is 0.346 e. The van der Waals surface area contributed by atoms with Crippen LogP contribution in [0.2, 0.25) is 0 Å². The molecule has 1 atom stereocenters. The number of sulfone groups is 1. The van der Waals surface area contributed by atoms with Crippen molar-refractivity contribution < 1.29 is 13.2 Å². The van der Waals surface area contributed by atoms with Crippen LogP contribution in [0.3, 0.4) is 0 Å². The Balaban J connectivity index is 1.51. The molecule has 1 unspecified atom stereocenters. The van der Waals surface area contributed by atoms with E-state index in [9.17, 15) is 13.2 Å². The van der Waals surface area contributed by atoms with Crippen LogP contribution in [0.15, 0.2) is 96.3 Å². The minimum absolute atomic E-state index is 0.245. The van der Waals surface area contributed by atoms with Gasteiger partial charge in [0, 0.05) is 42.0 Å². The second kappa shape index (κ2) is 10.5. The molecule has 2 aromatic heterocycles. The SMILES string of the molecule is CC(NC(=O)/C=C/c1cn(Cc2ccccc2)nc1-c1cccnc1)c1ccc(S(C)(=O)=O)cc1. The Morgan fingerprint density at radius 2 is 1.80 bits per heavy atom. The van der Waals surface area contributed by atoms with E-state index in [0.29, 0.717) is 6.54 Å². The Morgan fingerprint density at radius 3 is 2.46 bits per heavy atom. The fourth-order valence-corrected chi connectivity index (χ4v) is 4.28. The average molecular weight is 487 g/mol. The average Bonchev–Trinajstić information content (AvgIpc) is 3.26. The van der Waals surface area contributed by atoms with Crippen molar-refractivity contribution in [2.24, 2.45) is 0 Å². The van der Waals surface area contributed by atoms with Crippen molar-refractivity contribution in [1.29, 1.82) is 0 Å². The second-order valence-electron chi connectivity index (χ2n) is 8.26. The van der Waals surface area contributed by atoms with Gasteiger partial charge >= 0.3 is 0 Å². The van der Waals surface area contributed by atoms with Gasteiger partial charge in [0.25, 0.3) is 0 Å². The van der Waals surface area contributed by atoms with Crippen molar-refractivity contribution in [3.63, 3.8) is 0 Å². The minimum atomic E-state index is -3.26. The summed E-state index contributed by atoms with van der Waals surface area (Å²) < 4.78 is 25.2. The lowest BCUT2D eigenvalue weighted by Crippen LogP contribution is -2.24. The van der Waals surface area contributed by atoms with Crippen LogP contribution in [0.25, 0.3) is 17.3 Å². The number of aromatic nitrogens is 3. The first kappa shape index (κ1) is 24.1. The summed E-state index contributed by atoms with van der Waals surface area (Å²) in [6, 6.07) is 20.0. The van der Waals surface area contributed by atoms with Gasteiger partial charge in [0.1, 0.15) is 5.69 Å². The lowest BCUT2D eigenvalue weighted by atomic mass is 10.1. The number of hydrogen-bond donors (Lipinski definition) is 1. The van der Waals surface area contributed by atoms with E-state index < -0.39 is 9.84 Å². The van der Waals surface area contributed by atoms with Gasteiger partial charge in [0.05, 0.1) is 17.5 Å². The van der Waals surface area contributed by atoms with Crippen LogP contribution in [-0.2, 0) is 21.2 Å². The zero-order valence-electron chi connectivity index (χ0n) is 19.5. The van der Waals surface area contributed by atoms with Crippen molar-refractivity contribution in [2.75, 3.05) is 6.26 Å². The van der Waals surface area contributed by atoms with Gasteiger partial charge < -0.3 is 5.32 Å². The summed E-state index contributed by atoms with van der Waals surface area (Å²) in [5.41, 5.74) is 4.33. The molecular formula is C27H26N4O3S. The van der Waals surface area contributed by atoms with Gasteiger partial charge in [-0.1, -0.05) is 42.5 Å². The molecule has 4 rings (SSSR count). The molecule has 0 saturated carbocycles. The summed E-state index contributed by atoms with van der Waals surface area (Å²) in [5.74, 6) is -0.266. The van der Waals surface area contributed by atoms with Crippen LogP contribution < -0.4 is 5.32 Å². The first-order chi connectivity index (χ1) is 16.8. The highest BCUT2D eigenvalue weighted by Gasteiger charge is 2.13. The van der Waals surface area contributed by atoms with Crippen LogP contribution in [0.4, 0.5) is 0 Å². The van der Waals surface area contributed by atoms with Gasteiger partial charge in [0.15, 0.2) is 9.84 Å². The summed E-state index contributed by atoms with van der Waals surface area (Å²) in [7, 11) is -3.26. The molecule has 1 amide bonds. The van der Waals surface area contributed by atoms with Crippen LogP contribution in [0, 0.1) is 0 Å². The van der Waals surface area contributed by atoms with Crippen molar-refractivity contribution in [3.05, 3.63) is 108 Å². The van der Waals surface area contributed by atoms with E-state index >= 15 is 0 Å². The maximum atomic E-state index is 12.6. The smallest absolute Gasteiger partial charge is 0.244 e. The third-order valence-corrected chi connectivity index (χ3v) is 6.62. The zero-order valence-corrected chi connectivity index (χ0v) is 20.3. The van der Waals surface area contributed by atoms with Crippen LogP contribution >= 0.6 is 0 Å². The number of carbonyl (C=O) groups is 1. The maximum absolute atomic E-state index is 12.6. The van der Waals surface area contributed by atoms with Gasteiger partial charge in [-0.15, -0.1) is 0 Å². The Kier molecular flexibility index (Phi) is 7.22. The standard InChI is InChI=1S/C27H26N4O3S/c1-20(22-10-13-25(14-11-22)35(2,33)34)29-26(32)15-12-24-19-31(18-21-7-4-3-5-8-21)30-27(24)23-9-6-16-28-17-23/h3-17,19-20H,18H2,1-2H3,(H,29,32)/b15-12+. The second-order valence-corrected chi connectivity index (χ2v) is 10.3. The van der Waals surface area contributed by atoms with Crippen LogP contribution in [0.5, 0.6) is 0 Å². The molecule has 0 saturated heterocycles. The summed E-state index contributed by atoms with van der Waals surface area (Å²) in [5, 5.41) is 7.65. The van der Waals surface area contributed by atoms with E-state index in [1.165, 1.54) is 12.3 Å². The molecule has 7 nitrogen and oxygen atoms in total. The van der Waals surface area contributed by atoms with E-state index in [1.807, 2.05) is 60.3 Å². The number of nitrogens with zero attached hydrogens (tertiary/aromatic N) is 3. The fraction of sp³-hybridized carbons (Fsp3) is 0.148. The molecular weight excluding hydrogens is 460 g/mol. The number of rotatable bonds is 8. The number of benzene rings is 2. The molecule has 0 aliphatic carbocycles. The Labute approximate surface area is 205 Å². The minimum Gasteiger partial charge on any atom is -0.346 e. The Hall–Kier alpha value is -4.04. The van der Waals surface area contributed by atoms with Gasteiger partial charge in [-0.2, -0.15) is 5.10 Å². The fourth-order valence-electron chi connectivity index (χ4n) is 3.65. The van der Waals surface area contributed by atoms with Crippen molar-refractivity contribution in [2.45, 2.75) is 24.4 Å². The molecule has 0 radical (unpaired) electrons. The molecule has 0 spiro atoms. The van der Waals surface area contributed by atoms with Gasteiger partial charge in [0.2, 0.25) is 5.91 Å². The molecule has 2 aromatic carbocycles. The van der Waals surface area contributed by atoms with Crippen molar-refractivity contribution >= 4 is 21.8 Å². The Morgan fingerprint density at radius 1 is 1.06 bits per heavy atom. The predicted molar refractivity (Wildman–Crippen MR) is 136 cm³/mol. The molecule has 35 heavy (non-hydrogen) atoms. The normalized spacial score (nSPS) is 12.5. The highest BCUT2D eigenvalue weighted by Crippen LogP contribution is 2.23. The molecule has 0 aliphatic rings. The highest BCUT2D eigenvalue weighted by atomic mass is 32.2. The number of pyridine rings is 1. The molecule has 0 aliphatic heterocycles. The lowest BCUT2D eigenvalue weighted by molar-refractivity contribution is -0.117. The molecule has 178 valence electrons. The van der Waals surface area contributed by atoms with E-state index in [-0.39, 0.29) is 16.8 Å². The molecule has 0 bridgehead atoms. The van der Waals surface area contributed by atoms with E-state index in [4.69, 9.17) is 5.10 Å². The molecule has 4 aromatic rings. The first-order valence-electron chi connectivity index (χ1n) is 11.1. The number of carbonyl (C=O) groups excluding carboxylic acids is 1. The quantitative estimate of drug-likeness (QED) is 0.375. The molecule has 0 fully saturated rings. The summed E-state index contributed by atoms with van der Waals surface area (Å²) in [6.45, 7) is 2.45. The van der Waals surface area contributed by atoms with E-state index in [2.05, 4.69) is 10.3 Å². The molecule has 8 heteroatoms. The van der Waals surface area contributed by atoms with Crippen LogP contribution in [-0.4, -0.2) is 35.3 Å². The predicted octanol–water partition coefficient (Wildman–Crippen LogP) is 4.29. The number of amides is 1. The van der Waals surface area contributed by atoms with Gasteiger partial charge in [-0.25, -0.2) is 8.42 Å². The van der Waals surface area contributed by atoms with Crippen LogP contribution in [0.1, 0.15) is 29.7 Å². The van der Waals surface area contributed by atoms with Crippen molar-refractivity contribution in [1.82, 2.24) is 20.1 Å². The number of nitrogens with one attached hydrogen (secondary N) is 1. The van der Waals surface area contributed by atoms with Gasteiger partial charge in [-0.05, 0) is 48.4 Å². The zero-order chi connectivity index (χ0) is 24.8. The summed E-state index contributed by atoms with van der Waals surface area (Å²) in [4.78, 5) is 17.1. The summed E-state index contributed by atoms with van der Waals surface area (Å²) in [6.07, 6.45) is 9.75. The number of hydrogen-bond acceptors (Lipinski definition) is 5. The third kappa shape index (κ3) is 6.30. The lowest BCUT2D eigenvalue weighted by Gasteiger charge is -2.13. The highest BCUT2D eigenvalue weighted by molar-refractivity contribution is 7.90.